The monoisotopic (exact) mass is 329 g/mol. The van der Waals surface area contributed by atoms with Crippen LogP contribution < -0.4 is 0 Å². The Bertz CT molecular complexity index is 745. The van der Waals surface area contributed by atoms with E-state index in [4.69, 9.17) is 8.94 Å². The van der Waals surface area contributed by atoms with E-state index in [1.807, 2.05) is 18.2 Å². The summed E-state index contributed by atoms with van der Waals surface area (Å²) in [5.74, 6) is 3.61. The zero-order valence-corrected chi connectivity index (χ0v) is 14.3. The Kier molecular flexibility index (Phi) is 5.10. The van der Waals surface area contributed by atoms with Crippen LogP contribution in [0.15, 0.2) is 33.3 Å². The van der Waals surface area contributed by atoms with Gasteiger partial charge in [0.25, 0.3) is 0 Å². The maximum atomic E-state index is 5.88. The standard InChI is InChI=1S/C17H23N5O2/c1-4-22(11-16-19-17(24-21-16)9-12(2)3)10-13-5-6-15(23-13)14-7-8-18-20-14/h5-8,12H,4,9-11H2,1-3H3,(H,18,20). The summed E-state index contributed by atoms with van der Waals surface area (Å²) in [4.78, 5) is 6.67. The third-order valence-corrected chi connectivity index (χ3v) is 3.71. The lowest BCUT2D eigenvalue weighted by atomic mass is 10.1. The summed E-state index contributed by atoms with van der Waals surface area (Å²) in [5, 5.41) is 10.9. The Morgan fingerprint density at radius 1 is 1.21 bits per heavy atom. The van der Waals surface area contributed by atoms with Crippen molar-refractivity contribution >= 4 is 0 Å². The van der Waals surface area contributed by atoms with Crippen LogP contribution in [-0.4, -0.2) is 31.8 Å². The lowest BCUT2D eigenvalue weighted by Crippen LogP contribution is -2.22. The van der Waals surface area contributed by atoms with Gasteiger partial charge >= 0.3 is 0 Å². The predicted molar refractivity (Wildman–Crippen MR) is 88.9 cm³/mol. The third kappa shape index (κ3) is 4.11. The third-order valence-electron chi connectivity index (χ3n) is 3.71. The maximum absolute atomic E-state index is 5.88. The number of nitrogens with zero attached hydrogens (tertiary/aromatic N) is 4. The first-order valence-electron chi connectivity index (χ1n) is 8.26. The average Bonchev–Trinajstić information content (AvgIpc) is 3.26. The van der Waals surface area contributed by atoms with Crippen LogP contribution >= 0.6 is 0 Å². The average molecular weight is 329 g/mol. The highest BCUT2D eigenvalue weighted by Crippen LogP contribution is 2.21. The van der Waals surface area contributed by atoms with E-state index in [1.54, 1.807) is 6.20 Å². The van der Waals surface area contributed by atoms with E-state index in [9.17, 15) is 0 Å². The van der Waals surface area contributed by atoms with E-state index in [0.717, 1.165) is 30.2 Å². The highest BCUT2D eigenvalue weighted by molar-refractivity contribution is 5.51. The molecule has 0 aromatic carbocycles. The summed E-state index contributed by atoms with van der Waals surface area (Å²) < 4.78 is 11.2. The van der Waals surface area contributed by atoms with Crippen molar-refractivity contribution in [1.29, 1.82) is 0 Å². The molecule has 0 unspecified atom stereocenters. The fourth-order valence-electron chi connectivity index (χ4n) is 2.49. The highest BCUT2D eigenvalue weighted by Gasteiger charge is 2.14. The summed E-state index contributed by atoms with van der Waals surface area (Å²) in [5.41, 5.74) is 0.876. The van der Waals surface area contributed by atoms with Crippen LogP contribution in [0, 0.1) is 5.92 Å². The Balaban J connectivity index is 1.61. The first-order valence-corrected chi connectivity index (χ1v) is 8.26. The van der Waals surface area contributed by atoms with Crippen molar-refractivity contribution in [2.75, 3.05) is 6.54 Å². The molecule has 3 aromatic rings. The van der Waals surface area contributed by atoms with Crippen molar-refractivity contribution < 1.29 is 8.94 Å². The molecule has 128 valence electrons. The quantitative estimate of drug-likeness (QED) is 0.683. The molecule has 24 heavy (non-hydrogen) atoms. The molecule has 0 spiro atoms. The topological polar surface area (TPSA) is 84.0 Å². The van der Waals surface area contributed by atoms with Gasteiger partial charge in [-0.3, -0.25) is 10.00 Å². The van der Waals surface area contributed by atoms with Crippen molar-refractivity contribution in [3.63, 3.8) is 0 Å². The number of H-pyrrole nitrogens is 1. The molecule has 0 aliphatic carbocycles. The summed E-state index contributed by atoms with van der Waals surface area (Å²) in [7, 11) is 0. The summed E-state index contributed by atoms with van der Waals surface area (Å²) in [6.45, 7) is 8.58. The van der Waals surface area contributed by atoms with Gasteiger partial charge < -0.3 is 8.94 Å². The van der Waals surface area contributed by atoms with Gasteiger partial charge in [0.1, 0.15) is 11.5 Å². The largest absolute Gasteiger partial charge is 0.458 e. The smallest absolute Gasteiger partial charge is 0.226 e. The molecule has 0 radical (unpaired) electrons. The minimum Gasteiger partial charge on any atom is -0.458 e. The molecule has 7 nitrogen and oxygen atoms in total. The molecule has 1 N–H and O–H groups in total. The molecule has 0 saturated carbocycles. The molecule has 0 saturated heterocycles. The first kappa shape index (κ1) is 16.4. The van der Waals surface area contributed by atoms with E-state index in [2.05, 4.69) is 46.0 Å². The van der Waals surface area contributed by atoms with Gasteiger partial charge in [-0.1, -0.05) is 25.9 Å². The molecule has 0 atom stereocenters. The van der Waals surface area contributed by atoms with Gasteiger partial charge in [-0.25, -0.2) is 0 Å². The molecule has 3 aromatic heterocycles. The minimum absolute atomic E-state index is 0.504. The Morgan fingerprint density at radius 3 is 2.79 bits per heavy atom. The van der Waals surface area contributed by atoms with Gasteiger partial charge in [0.15, 0.2) is 11.6 Å². The number of aromatic nitrogens is 4. The van der Waals surface area contributed by atoms with Gasteiger partial charge in [-0.15, -0.1) is 0 Å². The fraction of sp³-hybridized carbons (Fsp3) is 0.471. The second kappa shape index (κ2) is 7.44. The number of hydrogen-bond donors (Lipinski definition) is 1. The van der Waals surface area contributed by atoms with E-state index >= 15 is 0 Å². The van der Waals surface area contributed by atoms with Crippen LogP contribution in [0.5, 0.6) is 0 Å². The van der Waals surface area contributed by atoms with Gasteiger partial charge in [0.05, 0.1) is 13.1 Å². The molecule has 3 rings (SSSR count). The number of aromatic amines is 1. The number of nitrogens with one attached hydrogen (secondary N) is 1. The van der Waals surface area contributed by atoms with Crippen LogP contribution in [0.3, 0.4) is 0 Å². The lowest BCUT2D eigenvalue weighted by Gasteiger charge is -2.16. The Hall–Kier alpha value is -2.41. The zero-order chi connectivity index (χ0) is 16.9. The Morgan fingerprint density at radius 2 is 2.08 bits per heavy atom. The molecular weight excluding hydrogens is 306 g/mol. The van der Waals surface area contributed by atoms with Crippen molar-refractivity contribution in [1.82, 2.24) is 25.2 Å². The highest BCUT2D eigenvalue weighted by atomic mass is 16.5. The fourth-order valence-corrected chi connectivity index (χ4v) is 2.49. The summed E-state index contributed by atoms with van der Waals surface area (Å²) >= 11 is 0. The van der Waals surface area contributed by atoms with Crippen molar-refractivity contribution in [3.05, 3.63) is 41.9 Å². The number of furan rings is 1. The minimum atomic E-state index is 0.504. The first-order chi connectivity index (χ1) is 11.6. The molecule has 0 amide bonds. The van der Waals surface area contributed by atoms with E-state index in [0.29, 0.717) is 30.7 Å². The second-order valence-corrected chi connectivity index (χ2v) is 6.24. The van der Waals surface area contributed by atoms with E-state index in [1.165, 1.54) is 0 Å². The van der Waals surface area contributed by atoms with Crippen LogP contribution in [0.25, 0.3) is 11.5 Å². The molecule has 0 aliphatic heterocycles. The van der Waals surface area contributed by atoms with Crippen molar-refractivity contribution in [3.8, 4) is 11.5 Å². The molecule has 0 bridgehead atoms. The van der Waals surface area contributed by atoms with Crippen LogP contribution in [0.2, 0.25) is 0 Å². The van der Waals surface area contributed by atoms with Gasteiger partial charge in [-0.2, -0.15) is 10.1 Å². The second-order valence-electron chi connectivity index (χ2n) is 6.24. The molecule has 3 heterocycles. The maximum Gasteiger partial charge on any atom is 0.226 e. The summed E-state index contributed by atoms with van der Waals surface area (Å²) in [6.07, 6.45) is 2.52. The predicted octanol–water partition coefficient (Wildman–Crippen LogP) is 3.27. The number of rotatable bonds is 8. The van der Waals surface area contributed by atoms with Crippen molar-refractivity contribution in [2.24, 2.45) is 5.92 Å². The van der Waals surface area contributed by atoms with Crippen LogP contribution in [0.4, 0.5) is 0 Å². The number of hydrogen-bond acceptors (Lipinski definition) is 6. The normalized spacial score (nSPS) is 11.7. The zero-order valence-electron chi connectivity index (χ0n) is 14.3. The van der Waals surface area contributed by atoms with Gasteiger partial charge in [-0.05, 0) is 30.7 Å². The summed E-state index contributed by atoms with van der Waals surface area (Å²) in [6, 6.07) is 5.82. The SMILES string of the molecule is CCN(Cc1noc(CC(C)C)n1)Cc1ccc(-c2ccn[nH]2)o1. The van der Waals surface area contributed by atoms with Gasteiger partial charge in [0.2, 0.25) is 5.89 Å². The molecular formula is C17H23N5O2. The van der Waals surface area contributed by atoms with E-state index in [-0.39, 0.29) is 0 Å². The molecule has 7 heteroatoms. The molecule has 0 aliphatic rings. The van der Waals surface area contributed by atoms with Crippen LogP contribution in [-0.2, 0) is 19.5 Å². The van der Waals surface area contributed by atoms with Crippen molar-refractivity contribution in [2.45, 2.75) is 40.3 Å². The lowest BCUT2D eigenvalue weighted by molar-refractivity contribution is 0.238. The van der Waals surface area contributed by atoms with E-state index < -0.39 is 0 Å². The van der Waals surface area contributed by atoms with Crippen LogP contribution in [0.1, 0.15) is 38.2 Å². The Labute approximate surface area is 141 Å². The molecule has 0 fully saturated rings. The van der Waals surface area contributed by atoms with Gasteiger partial charge in [0, 0.05) is 12.6 Å².